The standard InChI is InChI=1S/C33H41NO10/c1-30-25-22-23(26(42-25)31(30,2)29(40-6)43-28(30)39-5)44-33(18-13-15-19(38-4)16-14-18)21(17-11-9-8-10-12-17)20(24(35)32(22,33)37)27(36)34(3)41-7/h8-16,20-26,28-29,35,37H,1-7H3/t20-,21-,22?,23?,24-,25?,26?,28?,29?,30?,31?,32+,33+/m1/s1. The molecule has 11 nitrogen and oxygen atoms in total. The summed E-state index contributed by atoms with van der Waals surface area (Å²) in [7, 11) is 7.63. The van der Waals surface area contributed by atoms with Gasteiger partial charge in [0.1, 0.15) is 17.0 Å². The average Bonchev–Trinajstić information content (AvgIpc) is 3.74. The van der Waals surface area contributed by atoms with Gasteiger partial charge < -0.3 is 38.6 Å². The highest BCUT2D eigenvalue weighted by Gasteiger charge is 2.90. The Bertz CT molecular complexity index is 1430. The van der Waals surface area contributed by atoms with Gasteiger partial charge in [0.05, 0.1) is 55.4 Å². The zero-order valence-corrected chi connectivity index (χ0v) is 26.0. The number of hydrogen-bond donors (Lipinski definition) is 2. The number of benzene rings is 2. The Morgan fingerprint density at radius 1 is 0.886 bits per heavy atom. The molecule has 1 amide bonds. The van der Waals surface area contributed by atoms with Crippen molar-refractivity contribution in [2.45, 2.75) is 68.0 Å². The second-order valence-electron chi connectivity index (χ2n) is 13.1. The summed E-state index contributed by atoms with van der Waals surface area (Å²) in [5.41, 5.74) is -3.72. The Morgan fingerprint density at radius 3 is 2.07 bits per heavy atom. The van der Waals surface area contributed by atoms with Crippen LogP contribution in [0.2, 0.25) is 0 Å². The van der Waals surface area contributed by atoms with Gasteiger partial charge in [-0.3, -0.25) is 9.63 Å². The third kappa shape index (κ3) is 3.21. The maximum atomic E-state index is 14.1. The zero-order chi connectivity index (χ0) is 31.4. The summed E-state index contributed by atoms with van der Waals surface area (Å²) in [4.78, 5) is 19.4. The number of hydroxylamine groups is 2. The van der Waals surface area contributed by atoms with Crippen molar-refractivity contribution in [2.24, 2.45) is 22.7 Å². The van der Waals surface area contributed by atoms with E-state index in [0.29, 0.717) is 11.3 Å². The smallest absolute Gasteiger partial charge is 0.252 e. The average molecular weight is 612 g/mol. The van der Waals surface area contributed by atoms with Crippen molar-refractivity contribution in [3.8, 4) is 5.75 Å². The lowest BCUT2D eigenvalue weighted by molar-refractivity contribution is -0.240. The van der Waals surface area contributed by atoms with E-state index in [1.807, 2.05) is 56.3 Å². The molecule has 4 heterocycles. The second-order valence-corrected chi connectivity index (χ2v) is 13.1. The highest BCUT2D eigenvalue weighted by atomic mass is 16.8. The predicted molar refractivity (Wildman–Crippen MR) is 154 cm³/mol. The molecule has 0 spiro atoms. The Hall–Kier alpha value is -2.61. The molecule has 5 fully saturated rings. The number of amides is 1. The van der Waals surface area contributed by atoms with Crippen LogP contribution in [0.3, 0.4) is 0 Å². The normalized spacial score (nSPS) is 46.5. The van der Waals surface area contributed by atoms with Crippen molar-refractivity contribution in [3.05, 3.63) is 65.7 Å². The molecule has 44 heavy (non-hydrogen) atoms. The molecule has 4 saturated heterocycles. The first-order valence-electron chi connectivity index (χ1n) is 15.0. The first-order chi connectivity index (χ1) is 21.0. The third-order valence-electron chi connectivity index (χ3n) is 11.8. The molecule has 2 bridgehead atoms. The SMILES string of the molecule is COc1ccc([C@@]23OC4C5OC(C4[C@]2(O)[C@H](O)[C@H](C(=O)N(C)OC)[C@H]3c2ccccc2)C2(C)C(OC)OC(OC)C52C)cc1. The molecule has 2 aromatic carbocycles. The molecule has 8 unspecified atom stereocenters. The summed E-state index contributed by atoms with van der Waals surface area (Å²) in [6.07, 6.45) is -4.85. The van der Waals surface area contributed by atoms with Crippen molar-refractivity contribution in [1.82, 2.24) is 5.06 Å². The number of carbonyl (C=O) groups is 1. The van der Waals surface area contributed by atoms with Gasteiger partial charge in [0, 0.05) is 33.1 Å². The van der Waals surface area contributed by atoms with Crippen LogP contribution < -0.4 is 4.74 Å². The van der Waals surface area contributed by atoms with Gasteiger partial charge in [0.25, 0.3) is 5.91 Å². The fourth-order valence-corrected chi connectivity index (χ4v) is 9.68. The molecule has 11 heteroatoms. The van der Waals surface area contributed by atoms with Crippen molar-refractivity contribution in [2.75, 3.05) is 35.5 Å². The summed E-state index contributed by atoms with van der Waals surface area (Å²) in [6.45, 7) is 4.07. The van der Waals surface area contributed by atoms with E-state index >= 15 is 0 Å². The number of rotatable bonds is 7. The number of aliphatic hydroxyl groups excluding tert-OH is 1. The number of hydrogen-bond acceptors (Lipinski definition) is 10. The number of ether oxygens (including phenoxy) is 6. The summed E-state index contributed by atoms with van der Waals surface area (Å²) >= 11 is 0. The summed E-state index contributed by atoms with van der Waals surface area (Å²) in [5, 5.41) is 27.0. The topological polar surface area (TPSA) is 125 Å². The van der Waals surface area contributed by atoms with Gasteiger partial charge >= 0.3 is 0 Å². The van der Waals surface area contributed by atoms with Crippen LogP contribution in [0.4, 0.5) is 0 Å². The van der Waals surface area contributed by atoms with Crippen LogP contribution >= 0.6 is 0 Å². The van der Waals surface area contributed by atoms with Crippen LogP contribution in [0.1, 0.15) is 30.9 Å². The van der Waals surface area contributed by atoms with Gasteiger partial charge in [0.2, 0.25) is 0 Å². The molecule has 0 radical (unpaired) electrons. The van der Waals surface area contributed by atoms with Gasteiger partial charge in [-0.2, -0.15) is 0 Å². The molecule has 0 aromatic heterocycles. The molecular weight excluding hydrogens is 570 g/mol. The van der Waals surface area contributed by atoms with Gasteiger partial charge in [-0.15, -0.1) is 0 Å². The van der Waals surface area contributed by atoms with E-state index in [9.17, 15) is 15.0 Å². The minimum atomic E-state index is -1.99. The zero-order valence-electron chi connectivity index (χ0n) is 26.0. The number of nitrogens with zero attached hydrogens (tertiary/aromatic N) is 1. The summed E-state index contributed by atoms with van der Waals surface area (Å²) < 4.78 is 37.5. The monoisotopic (exact) mass is 611 g/mol. The molecule has 2 N–H and O–H groups in total. The summed E-state index contributed by atoms with van der Waals surface area (Å²) in [6, 6.07) is 16.7. The first-order valence-corrected chi connectivity index (χ1v) is 15.0. The number of carbonyl (C=O) groups excluding carboxylic acids is 1. The van der Waals surface area contributed by atoms with Gasteiger partial charge in [-0.05, 0) is 23.3 Å². The molecule has 13 atom stereocenters. The lowest BCUT2D eigenvalue weighted by Crippen LogP contribution is -2.64. The Morgan fingerprint density at radius 2 is 1.50 bits per heavy atom. The number of aliphatic hydroxyl groups is 2. The van der Waals surface area contributed by atoms with E-state index < -0.39 is 82.7 Å². The number of methoxy groups -OCH3 is 3. The first kappa shape index (κ1) is 30.1. The largest absolute Gasteiger partial charge is 0.497 e. The fourth-order valence-electron chi connectivity index (χ4n) is 9.68. The molecule has 1 aliphatic carbocycles. The predicted octanol–water partition coefficient (Wildman–Crippen LogP) is 2.20. The van der Waals surface area contributed by atoms with E-state index in [1.54, 1.807) is 33.5 Å². The van der Waals surface area contributed by atoms with Crippen molar-refractivity contribution in [3.63, 3.8) is 0 Å². The second kappa shape index (κ2) is 9.94. The Kier molecular flexibility index (Phi) is 6.79. The molecule has 2 aromatic rings. The molecule has 1 saturated carbocycles. The van der Waals surface area contributed by atoms with E-state index in [1.165, 1.54) is 14.2 Å². The molecule has 5 aliphatic rings. The van der Waals surface area contributed by atoms with Crippen LogP contribution in [0.5, 0.6) is 5.75 Å². The number of fused-ring (bicyclic) bond motifs is 10. The minimum absolute atomic E-state index is 0.483. The van der Waals surface area contributed by atoms with E-state index in [2.05, 4.69) is 0 Å². The quantitative estimate of drug-likeness (QED) is 0.450. The molecule has 238 valence electrons. The van der Waals surface area contributed by atoms with Gasteiger partial charge in [-0.1, -0.05) is 56.3 Å². The molecular formula is C33H41NO10. The van der Waals surface area contributed by atoms with Crippen molar-refractivity contribution in [1.29, 1.82) is 0 Å². The van der Waals surface area contributed by atoms with Crippen LogP contribution in [0.15, 0.2) is 54.6 Å². The maximum absolute atomic E-state index is 14.1. The lowest BCUT2D eigenvalue weighted by Gasteiger charge is -2.49. The molecule has 7 rings (SSSR count). The van der Waals surface area contributed by atoms with Crippen molar-refractivity contribution < 1.29 is 48.3 Å². The van der Waals surface area contributed by atoms with Gasteiger partial charge in [-0.25, -0.2) is 5.06 Å². The Balaban J connectivity index is 1.49. The van der Waals surface area contributed by atoms with E-state index in [0.717, 1.165) is 10.6 Å². The van der Waals surface area contributed by atoms with E-state index in [4.69, 9.17) is 33.3 Å². The summed E-state index contributed by atoms with van der Waals surface area (Å²) in [5.74, 6) is -2.55. The van der Waals surface area contributed by atoms with Crippen molar-refractivity contribution >= 4 is 5.91 Å². The van der Waals surface area contributed by atoms with Crippen LogP contribution in [0.25, 0.3) is 0 Å². The van der Waals surface area contributed by atoms with Crippen LogP contribution in [-0.4, -0.2) is 99.3 Å². The maximum Gasteiger partial charge on any atom is 0.252 e. The lowest BCUT2D eigenvalue weighted by atomic mass is 9.52. The third-order valence-corrected chi connectivity index (χ3v) is 11.8. The minimum Gasteiger partial charge on any atom is -0.497 e. The highest BCUT2D eigenvalue weighted by Crippen LogP contribution is 2.78. The van der Waals surface area contributed by atoms with E-state index in [-0.39, 0.29) is 0 Å². The fraction of sp³-hybridized carbons (Fsp3) is 0.606. The van der Waals surface area contributed by atoms with Crippen LogP contribution in [0, 0.1) is 22.7 Å². The van der Waals surface area contributed by atoms with Crippen LogP contribution in [-0.2, 0) is 38.9 Å². The Labute approximate surface area is 256 Å². The van der Waals surface area contributed by atoms with Gasteiger partial charge in [0.15, 0.2) is 12.6 Å². The highest BCUT2D eigenvalue weighted by molar-refractivity contribution is 5.81. The molecule has 4 aliphatic heterocycles.